The minimum absolute atomic E-state index is 0.0875. The van der Waals surface area contributed by atoms with E-state index >= 15 is 0 Å². The number of nitrogens with one attached hydrogen (secondary N) is 1. The van der Waals surface area contributed by atoms with Crippen molar-refractivity contribution in [1.82, 2.24) is 10.3 Å². The number of rotatable bonds is 9. The summed E-state index contributed by atoms with van der Waals surface area (Å²) in [6, 6.07) is 14.5. The summed E-state index contributed by atoms with van der Waals surface area (Å²) in [4.78, 5) is 30.2. The van der Waals surface area contributed by atoms with Crippen molar-refractivity contribution in [2.75, 3.05) is 7.11 Å². The van der Waals surface area contributed by atoms with E-state index in [9.17, 15) is 19.1 Å². The van der Waals surface area contributed by atoms with Crippen molar-refractivity contribution in [3.8, 4) is 11.5 Å². The Morgan fingerprint density at radius 2 is 1.83 bits per heavy atom. The summed E-state index contributed by atoms with van der Waals surface area (Å²) < 4.78 is 24.4. The minimum atomic E-state index is -1.02. The number of carbonyl (C=O) groups is 2. The lowest BCUT2D eigenvalue weighted by atomic mass is 10.0. The Hall–Kier alpha value is -3.59. The van der Waals surface area contributed by atoms with Gasteiger partial charge >= 0.3 is 5.97 Å². The van der Waals surface area contributed by atoms with E-state index in [1.54, 1.807) is 13.0 Å². The standard InChI is InChI=1S/C26H27FN2O5S/c1-15-14-18(27)10-11-20(15)24(35-19-8-6-5-7-9-19)17(3)34-26(32)16(2)29-25(31)22-23(30)21(33-4)12-13-28-22/h5-14,16-17,24,30H,1-4H3,(H,29,31)/t16-,17-,24-/m0/s1. The van der Waals surface area contributed by atoms with Crippen molar-refractivity contribution in [2.45, 2.75) is 43.1 Å². The van der Waals surface area contributed by atoms with Crippen LogP contribution in [-0.4, -0.2) is 41.2 Å². The molecule has 2 N–H and O–H groups in total. The number of ether oxygens (including phenoxy) is 2. The molecule has 0 saturated carbocycles. The van der Waals surface area contributed by atoms with Crippen LogP contribution in [0.4, 0.5) is 4.39 Å². The summed E-state index contributed by atoms with van der Waals surface area (Å²) in [5.41, 5.74) is 1.31. The lowest BCUT2D eigenvalue weighted by molar-refractivity contribution is -0.150. The number of hydrogen-bond donors (Lipinski definition) is 2. The molecule has 2 aromatic carbocycles. The van der Waals surface area contributed by atoms with Gasteiger partial charge in [-0.15, -0.1) is 11.8 Å². The molecule has 7 nitrogen and oxygen atoms in total. The Labute approximate surface area is 207 Å². The molecule has 1 aromatic heterocycles. The lowest BCUT2D eigenvalue weighted by Gasteiger charge is -2.27. The van der Waals surface area contributed by atoms with Crippen LogP contribution < -0.4 is 10.1 Å². The van der Waals surface area contributed by atoms with Crippen LogP contribution in [0.2, 0.25) is 0 Å². The molecule has 3 atom stereocenters. The van der Waals surface area contributed by atoms with Crippen LogP contribution in [0.5, 0.6) is 11.5 Å². The van der Waals surface area contributed by atoms with Crippen molar-refractivity contribution in [3.05, 3.63) is 83.4 Å². The normalized spacial score (nSPS) is 13.4. The Kier molecular flexibility index (Phi) is 8.70. The molecule has 0 radical (unpaired) electrons. The molecule has 1 heterocycles. The predicted octanol–water partition coefficient (Wildman–Crippen LogP) is 4.83. The van der Waals surface area contributed by atoms with Gasteiger partial charge in [-0.25, -0.2) is 14.2 Å². The number of carbonyl (C=O) groups excluding carboxylic acids is 2. The van der Waals surface area contributed by atoms with Gasteiger partial charge in [0.05, 0.1) is 12.4 Å². The van der Waals surface area contributed by atoms with Gasteiger partial charge in [0.1, 0.15) is 18.0 Å². The maximum absolute atomic E-state index is 13.7. The smallest absolute Gasteiger partial charge is 0.328 e. The molecule has 0 aliphatic heterocycles. The van der Waals surface area contributed by atoms with Gasteiger partial charge in [0, 0.05) is 17.2 Å². The van der Waals surface area contributed by atoms with E-state index in [1.807, 2.05) is 37.3 Å². The van der Waals surface area contributed by atoms with Crippen molar-refractivity contribution in [2.24, 2.45) is 0 Å². The number of methoxy groups -OCH3 is 1. The van der Waals surface area contributed by atoms with Crippen molar-refractivity contribution in [3.63, 3.8) is 0 Å². The third-order valence-corrected chi connectivity index (χ3v) is 6.73. The van der Waals surface area contributed by atoms with Crippen LogP contribution in [0.3, 0.4) is 0 Å². The number of esters is 1. The summed E-state index contributed by atoms with van der Waals surface area (Å²) in [6.45, 7) is 5.04. The van der Waals surface area contributed by atoms with E-state index in [-0.39, 0.29) is 22.5 Å². The van der Waals surface area contributed by atoms with Crippen LogP contribution in [0.1, 0.15) is 40.7 Å². The van der Waals surface area contributed by atoms with E-state index in [2.05, 4.69) is 10.3 Å². The number of aryl methyl sites for hydroxylation is 1. The molecule has 0 unspecified atom stereocenters. The van der Waals surface area contributed by atoms with E-state index in [0.717, 1.165) is 16.0 Å². The zero-order valence-electron chi connectivity index (χ0n) is 19.8. The van der Waals surface area contributed by atoms with Gasteiger partial charge < -0.3 is 19.9 Å². The topological polar surface area (TPSA) is 97.8 Å². The largest absolute Gasteiger partial charge is 0.503 e. The predicted molar refractivity (Wildman–Crippen MR) is 131 cm³/mol. The second-order valence-corrected chi connectivity index (χ2v) is 9.11. The second-order valence-electron chi connectivity index (χ2n) is 7.90. The van der Waals surface area contributed by atoms with Gasteiger partial charge in [-0.3, -0.25) is 4.79 Å². The average molecular weight is 499 g/mol. The fourth-order valence-electron chi connectivity index (χ4n) is 3.45. The van der Waals surface area contributed by atoms with Crippen LogP contribution >= 0.6 is 11.8 Å². The fraction of sp³-hybridized carbons (Fsp3) is 0.269. The molecule has 0 spiro atoms. The molecule has 0 aliphatic rings. The number of aromatic nitrogens is 1. The molecular formula is C26H27FN2O5S. The molecule has 0 bridgehead atoms. The third kappa shape index (κ3) is 6.51. The molecule has 0 saturated heterocycles. The first kappa shape index (κ1) is 26.0. The number of benzene rings is 2. The zero-order chi connectivity index (χ0) is 25.5. The van der Waals surface area contributed by atoms with E-state index in [4.69, 9.17) is 9.47 Å². The Morgan fingerprint density at radius 3 is 2.49 bits per heavy atom. The molecule has 0 aliphatic carbocycles. The van der Waals surface area contributed by atoms with Gasteiger partial charge in [-0.05, 0) is 56.2 Å². The highest BCUT2D eigenvalue weighted by Crippen LogP contribution is 2.40. The SMILES string of the molecule is COc1ccnc(C(=O)N[C@@H](C)C(=O)O[C@@H](C)[C@H](Sc2ccccc2)c2ccc(F)cc2C)c1O. The summed E-state index contributed by atoms with van der Waals surface area (Å²) in [5.74, 6) is -2.09. The summed E-state index contributed by atoms with van der Waals surface area (Å²) >= 11 is 1.50. The van der Waals surface area contributed by atoms with Gasteiger partial charge in [-0.1, -0.05) is 24.3 Å². The quantitative estimate of drug-likeness (QED) is 0.322. The molecule has 184 valence electrons. The summed E-state index contributed by atoms with van der Waals surface area (Å²) in [6.07, 6.45) is 0.703. The number of nitrogens with zero attached hydrogens (tertiary/aromatic N) is 1. The summed E-state index contributed by atoms with van der Waals surface area (Å²) in [5, 5.41) is 12.3. The highest BCUT2D eigenvalue weighted by molar-refractivity contribution is 7.99. The molecule has 35 heavy (non-hydrogen) atoms. The van der Waals surface area contributed by atoms with Crippen molar-refractivity contribution < 1.29 is 28.6 Å². The summed E-state index contributed by atoms with van der Waals surface area (Å²) in [7, 11) is 1.35. The fourth-order valence-corrected chi connectivity index (χ4v) is 4.70. The van der Waals surface area contributed by atoms with Gasteiger partial charge in [0.15, 0.2) is 17.2 Å². The Bertz CT molecular complexity index is 1190. The first-order valence-corrected chi connectivity index (χ1v) is 11.8. The van der Waals surface area contributed by atoms with Gasteiger partial charge in [0.25, 0.3) is 5.91 Å². The van der Waals surface area contributed by atoms with Gasteiger partial charge in [-0.2, -0.15) is 0 Å². The van der Waals surface area contributed by atoms with E-state index < -0.39 is 29.8 Å². The first-order chi connectivity index (χ1) is 16.7. The Morgan fingerprint density at radius 1 is 1.11 bits per heavy atom. The molecule has 3 rings (SSSR count). The number of thioether (sulfide) groups is 1. The maximum Gasteiger partial charge on any atom is 0.328 e. The maximum atomic E-state index is 13.7. The first-order valence-electron chi connectivity index (χ1n) is 10.9. The van der Waals surface area contributed by atoms with Crippen LogP contribution in [-0.2, 0) is 9.53 Å². The highest BCUT2D eigenvalue weighted by atomic mass is 32.2. The molecular weight excluding hydrogens is 471 g/mol. The highest BCUT2D eigenvalue weighted by Gasteiger charge is 2.29. The van der Waals surface area contributed by atoms with Gasteiger partial charge in [0.2, 0.25) is 0 Å². The van der Waals surface area contributed by atoms with E-state index in [0.29, 0.717) is 0 Å². The van der Waals surface area contributed by atoms with Crippen LogP contribution in [0.25, 0.3) is 0 Å². The lowest BCUT2D eigenvalue weighted by Crippen LogP contribution is -2.41. The number of pyridine rings is 1. The number of aromatic hydroxyl groups is 1. The Balaban J connectivity index is 1.75. The van der Waals surface area contributed by atoms with Crippen LogP contribution in [0.15, 0.2) is 65.7 Å². The third-order valence-electron chi connectivity index (χ3n) is 5.30. The number of hydrogen-bond acceptors (Lipinski definition) is 7. The van der Waals surface area contributed by atoms with Crippen molar-refractivity contribution >= 4 is 23.6 Å². The zero-order valence-corrected chi connectivity index (χ0v) is 20.6. The average Bonchev–Trinajstić information content (AvgIpc) is 2.83. The van der Waals surface area contributed by atoms with Crippen molar-refractivity contribution in [1.29, 1.82) is 0 Å². The molecule has 0 fully saturated rings. The van der Waals surface area contributed by atoms with Crippen LogP contribution in [0, 0.1) is 12.7 Å². The monoisotopic (exact) mass is 498 g/mol. The number of halogens is 1. The molecule has 1 amide bonds. The number of amides is 1. The molecule has 9 heteroatoms. The minimum Gasteiger partial charge on any atom is -0.503 e. The molecule has 3 aromatic rings. The van der Waals surface area contributed by atoms with E-state index in [1.165, 1.54) is 50.2 Å². The second kappa shape index (κ2) is 11.7.